The minimum atomic E-state index is -1.25. The lowest BCUT2D eigenvalue weighted by Gasteiger charge is -2.30. The van der Waals surface area contributed by atoms with Crippen molar-refractivity contribution in [2.24, 2.45) is 5.92 Å². The standard InChI is InChI=1S/C31H41N5O8/c1-3-44-23-13-11-21(12-14-23)29(39)32-17-7-6-9-25(33-30(40)22-15-18-35(2)19-16-22)31(41)34-26(20-28(37)38)24-8-4-5-10-27(24)36(42)43/h4-5,8,10-14,22,25-26H,3,6-7,9,15-20H2,1-2H3,(H,32,39)(H,33,40)(H,34,41)(H,37,38). The van der Waals surface area contributed by atoms with Gasteiger partial charge in [0.2, 0.25) is 11.8 Å². The van der Waals surface area contributed by atoms with Gasteiger partial charge in [-0.15, -0.1) is 0 Å². The number of para-hydroxylation sites is 1. The van der Waals surface area contributed by atoms with E-state index in [9.17, 15) is 34.4 Å². The minimum absolute atomic E-state index is 0.0608. The van der Waals surface area contributed by atoms with Crippen molar-refractivity contribution in [1.29, 1.82) is 0 Å². The molecule has 1 heterocycles. The first kappa shape index (κ1) is 34.0. The highest BCUT2D eigenvalue weighted by molar-refractivity contribution is 5.94. The second kappa shape index (κ2) is 16.9. The van der Waals surface area contributed by atoms with E-state index in [-0.39, 0.29) is 35.4 Å². The Labute approximate surface area is 256 Å². The molecule has 2 unspecified atom stereocenters. The predicted molar refractivity (Wildman–Crippen MR) is 162 cm³/mol. The van der Waals surface area contributed by atoms with Crippen LogP contribution in [0, 0.1) is 16.0 Å². The number of nitrogens with one attached hydrogen (secondary N) is 3. The number of carboxylic acid groups (broad SMARTS) is 1. The summed E-state index contributed by atoms with van der Waals surface area (Å²) in [5.74, 6) is -1.98. The number of hydrogen-bond acceptors (Lipinski definition) is 8. The van der Waals surface area contributed by atoms with Crippen LogP contribution in [0.5, 0.6) is 5.75 Å². The molecule has 3 rings (SSSR count). The summed E-state index contributed by atoms with van der Waals surface area (Å²) < 4.78 is 5.39. The minimum Gasteiger partial charge on any atom is -0.494 e. The zero-order valence-electron chi connectivity index (χ0n) is 25.1. The Kier molecular flexibility index (Phi) is 13.1. The Bertz CT molecular complexity index is 1290. The van der Waals surface area contributed by atoms with Gasteiger partial charge in [0.15, 0.2) is 0 Å². The molecule has 44 heavy (non-hydrogen) atoms. The fourth-order valence-corrected chi connectivity index (χ4v) is 5.11. The number of benzene rings is 2. The number of carboxylic acids is 1. The van der Waals surface area contributed by atoms with Crippen molar-refractivity contribution in [1.82, 2.24) is 20.9 Å². The number of carbonyl (C=O) groups is 4. The lowest BCUT2D eigenvalue weighted by atomic mass is 9.95. The number of unbranched alkanes of at least 4 members (excludes halogenated alkanes) is 1. The average molecular weight is 612 g/mol. The van der Waals surface area contributed by atoms with Crippen molar-refractivity contribution in [3.63, 3.8) is 0 Å². The van der Waals surface area contributed by atoms with Crippen molar-refractivity contribution in [3.8, 4) is 5.75 Å². The van der Waals surface area contributed by atoms with Crippen molar-refractivity contribution in [3.05, 3.63) is 69.8 Å². The molecule has 0 aromatic heterocycles. The van der Waals surface area contributed by atoms with E-state index >= 15 is 0 Å². The van der Waals surface area contributed by atoms with Crippen molar-refractivity contribution >= 4 is 29.4 Å². The molecule has 238 valence electrons. The Morgan fingerprint density at radius 1 is 1.05 bits per heavy atom. The summed E-state index contributed by atoms with van der Waals surface area (Å²) in [5, 5.41) is 29.4. The number of rotatable bonds is 16. The van der Waals surface area contributed by atoms with Gasteiger partial charge >= 0.3 is 5.97 Å². The highest BCUT2D eigenvalue weighted by Gasteiger charge is 2.31. The Morgan fingerprint density at radius 3 is 2.36 bits per heavy atom. The smallest absolute Gasteiger partial charge is 0.305 e. The molecule has 2 aromatic carbocycles. The van der Waals surface area contributed by atoms with Crippen LogP contribution in [0.4, 0.5) is 5.69 Å². The maximum atomic E-state index is 13.5. The molecular formula is C31H41N5O8. The third-order valence-electron chi connectivity index (χ3n) is 7.56. The molecule has 13 heteroatoms. The molecule has 2 atom stereocenters. The Balaban J connectivity index is 1.66. The number of piperidine rings is 1. The predicted octanol–water partition coefficient (Wildman–Crippen LogP) is 3.05. The van der Waals surface area contributed by atoms with Gasteiger partial charge in [-0.2, -0.15) is 0 Å². The molecule has 0 spiro atoms. The summed E-state index contributed by atoms with van der Waals surface area (Å²) in [5.41, 5.74) is 0.232. The van der Waals surface area contributed by atoms with E-state index in [0.29, 0.717) is 50.1 Å². The van der Waals surface area contributed by atoms with E-state index in [1.54, 1.807) is 24.3 Å². The van der Waals surface area contributed by atoms with Gasteiger partial charge in [-0.3, -0.25) is 29.3 Å². The van der Waals surface area contributed by atoms with Gasteiger partial charge < -0.3 is 30.7 Å². The van der Waals surface area contributed by atoms with Gasteiger partial charge in [-0.25, -0.2) is 0 Å². The van der Waals surface area contributed by atoms with Crippen LogP contribution in [0.25, 0.3) is 0 Å². The maximum Gasteiger partial charge on any atom is 0.305 e. The molecule has 1 saturated heterocycles. The molecule has 0 radical (unpaired) electrons. The fraction of sp³-hybridized carbons (Fsp3) is 0.484. The van der Waals surface area contributed by atoms with Crippen LogP contribution in [0.1, 0.15) is 67.4 Å². The third-order valence-corrected chi connectivity index (χ3v) is 7.56. The largest absolute Gasteiger partial charge is 0.494 e. The van der Waals surface area contributed by atoms with Gasteiger partial charge in [-0.05, 0) is 83.4 Å². The van der Waals surface area contributed by atoms with Crippen molar-refractivity contribution in [2.45, 2.75) is 57.5 Å². The van der Waals surface area contributed by atoms with Gasteiger partial charge in [0.25, 0.3) is 11.6 Å². The number of nitrogens with zero attached hydrogens (tertiary/aromatic N) is 2. The topological polar surface area (TPSA) is 180 Å². The van der Waals surface area contributed by atoms with Crippen LogP contribution >= 0.6 is 0 Å². The number of amides is 3. The maximum absolute atomic E-state index is 13.5. The Morgan fingerprint density at radius 2 is 1.73 bits per heavy atom. The SMILES string of the molecule is CCOc1ccc(C(=O)NCCCCC(NC(=O)C2CCN(C)CC2)C(=O)NC(CC(=O)O)c2ccccc2[N+](=O)[O-])cc1. The molecule has 1 aliphatic heterocycles. The highest BCUT2D eigenvalue weighted by Crippen LogP contribution is 2.27. The zero-order chi connectivity index (χ0) is 32.1. The van der Waals surface area contributed by atoms with E-state index in [1.165, 1.54) is 24.3 Å². The number of ether oxygens (including phenoxy) is 1. The number of nitro groups is 1. The molecule has 13 nitrogen and oxygen atoms in total. The molecule has 0 aliphatic carbocycles. The molecule has 4 N–H and O–H groups in total. The number of aliphatic carboxylic acids is 1. The number of likely N-dealkylation sites (tertiary alicyclic amines) is 1. The van der Waals surface area contributed by atoms with Gasteiger partial charge in [0, 0.05) is 24.1 Å². The molecule has 3 amide bonds. The van der Waals surface area contributed by atoms with E-state index < -0.39 is 35.3 Å². The number of hydrogen-bond donors (Lipinski definition) is 4. The van der Waals surface area contributed by atoms with E-state index in [4.69, 9.17) is 4.74 Å². The van der Waals surface area contributed by atoms with Gasteiger partial charge in [0.05, 0.1) is 29.6 Å². The summed E-state index contributed by atoms with van der Waals surface area (Å²) in [4.78, 5) is 63.9. The highest BCUT2D eigenvalue weighted by atomic mass is 16.6. The summed E-state index contributed by atoms with van der Waals surface area (Å²) >= 11 is 0. The monoisotopic (exact) mass is 611 g/mol. The molecule has 2 aromatic rings. The van der Waals surface area contributed by atoms with E-state index in [2.05, 4.69) is 20.9 Å². The first-order valence-electron chi connectivity index (χ1n) is 14.8. The number of nitro benzene ring substituents is 1. The van der Waals surface area contributed by atoms with Crippen LogP contribution in [0.3, 0.4) is 0 Å². The third kappa shape index (κ3) is 10.3. The fourth-order valence-electron chi connectivity index (χ4n) is 5.11. The van der Waals surface area contributed by atoms with Crippen LogP contribution in [0.15, 0.2) is 48.5 Å². The first-order chi connectivity index (χ1) is 21.1. The quantitative estimate of drug-likeness (QED) is 0.126. The van der Waals surface area contributed by atoms with Crippen LogP contribution in [-0.2, 0) is 14.4 Å². The van der Waals surface area contributed by atoms with Crippen molar-refractivity contribution < 1.29 is 33.9 Å². The Hall–Kier alpha value is -4.52. The van der Waals surface area contributed by atoms with Crippen LogP contribution in [0.2, 0.25) is 0 Å². The summed E-state index contributed by atoms with van der Waals surface area (Å²) in [6.45, 7) is 4.23. The molecule has 1 fully saturated rings. The summed E-state index contributed by atoms with van der Waals surface area (Å²) in [7, 11) is 1.98. The van der Waals surface area contributed by atoms with E-state index in [1.807, 2.05) is 14.0 Å². The zero-order valence-corrected chi connectivity index (χ0v) is 25.1. The van der Waals surface area contributed by atoms with Crippen LogP contribution in [-0.4, -0.2) is 78.0 Å². The number of carbonyl (C=O) groups excluding carboxylic acids is 3. The summed E-state index contributed by atoms with van der Waals surface area (Å²) in [6.07, 6.45) is 1.91. The second-order valence-corrected chi connectivity index (χ2v) is 10.8. The van der Waals surface area contributed by atoms with Crippen LogP contribution < -0.4 is 20.7 Å². The first-order valence-corrected chi connectivity index (χ1v) is 14.8. The lowest BCUT2D eigenvalue weighted by molar-refractivity contribution is -0.385. The lowest BCUT2D eigenvalue weighted by Crippen LogP contribution is -2.50. The average Bonchev–Trinajstić information content (AvgIpc) is 3.00. The second-order valence-electron chi connectivity index (χ2n) is 10.8. The van der Waals surface area contributed by atoms with Gasteiger partial charge in [0.1, 0.15) is 11.8 Å². The normalized spacial score (nSPS) is 15.0. The van der Waals surface area contributed by atoms with Gasteiger partial charge in [-0.1, -0.05) is 18.2 Å². The molecular weight excluding hydrogens is 570 g/mol. The van der Waals surface area contributed by atoms with Crippen molar-refractivity contribution in [2.75, 3.05) is 33.3 Å². The van der Waals surface area contributed by atoms with E-state index in [0.717, 1.165) is 13.1 Å². The summed E-state index contributed by atoms with van der Waals surface area (Å²) in [6, 6.07) is 10.2. The molecule has 1 aliphatic rings. The molecule has 0 bridgehead atoms. The molecule has 0 saturated carbocycles.